The second-order valence-corrected chi connectivity index (χ2v) is 7.35. The zero-order valence-electron chi connectivity index (χ0n) is 17.4. The molecule has 156 valence electrons. The highest BCUT2D eigenvalue weighted by atomic mass is 16.5. The van der Waals surface area contributed by atoms with Gasteiger partial charge in [0.2, 0.25) is 0 Å². The molecule has 29 heavy (non-hydrogen) atoms. The fourth-order valence-corrected chi connectivity index (χ4v) is 3.46. The number of nitrogens with zero attached hydrogens (tertiary/aromatic N) is 1. The topological polar surface area (TPSA) is 75.1 Å². The molecule has 6 heteroatoms. The van der Waals surface area contributed by atoms with Crippen molar-refractivity contribution >= 4 is 5.96 Å². The average Bonchev–Trinajstić information content (AvgIpc) is 3.56. The standard InChI is InChI=1S/C23H31N3O3/c1-4-24-22(26-16-23(12-13-23)17-8-6-5-7-9-17)25-15-20(27)19-14-18(28-2)10-11-21(19)29-3/h5-11,14,20,27H,4,12-13,15-16H2,1-3H3,(H2,24,25,26). The Labute approximate surface area is 173 Å². The lowest BCUT2D eigenvalue weighted by Crippen LogP contribution is -2.40. The first-order chi connectivity index (χ1) is 14.1. The van der Waals surface area contributed by atoms with Crippen LogP contribution in [0.2, 0.25) is 0 Å². The molecule has 1 saturated carbocycles. The lowest BCUT2D eigenvalue weighted by atomic mass is 9.96. The molecule has 6 nitrogen and oxygen atoms in total. The fraction of sp³-hybridized carbons (Fsp3) is 0.435. The van der Waals surface area contributed by atoms with Crippen LogP contribution in [0, 0.1) is 0 Å². The van der Waals surface area contributed by atoms with Gasteiger partial charge in [0.15, 0.2) is 5.96 Å². The number of hydrogen-bond acceptors (Lipinski definition) is 4. The summed E-state index contributed by atoms with van der Waals surface area (Å²) in [5, 5.41) is 17.2. The summed E-state index contributed by atoms with van der Waals surface area (Å²) in [7, 11) is 3.20. The third-order valence-electron chi connectivity index (χ3n) is 5.38. The van der Waals surface area contributed by atoms with Crippen LogP contribution in [-0.4, -0.2) is 44.9 Å². The Morgan fingerprint density at radius 1 is 1.10 bits per heavy atom. The van der Waals surface area contributed by atoms with Crippen LogP contribution in [0.15, 0.2) is 53.5 Å². The maximum absolute atomic E-state index is 10.7. The van der Waals surface area contributed by atoms with Crippen LogP contribution in [0.5, 0.6) is 11.5 Å². The maximum atomic E-state index is 10.7. The van der Waals surface area contributed by atoms with Crippen LogP contribution >= 0.6 is 0 Å². The molecule has 0 aromatic heterocycles. The van der Waals surface area contributed by atoms with Crippen molar-refractivity contribution in [3.05, 3.63) is 59.7 Å². The van der Waals surface area contributed by atoms with E-state index in [1.807, 2.05) is 19.1 Å². The SMILES string of the molecule is CCNC(=NCC1(c2ccccc2)CC1)NCC(O)c1cc(OC)ccc1OC. The molecule has 1 unspecified atom stereocenters. The molecule has 0 aliphatic heterocycles. The monoisotopic (exact) mass is 397 g/mol. The maximum Gasteiger partial charge on any atom is 0.191 e. The molecule has 0 saturated heterocycles. The van der Waals surface area contributed by atoms with E-state index in [0.717, 1.165) is 25.9 Å². The van der Waals surface area contributed by atoms with E-state index < -0.39 is 6.10 Å². The molecule has 0 spiro atoms. The van der Waals surface area contributed by atoms with E-state index in [-0.39, 0.29) is 5.41 Å². The molecular weight excluding hydrogens is 366 g/mol. The molecule has 3 rings (SSSR count). The highest BCUT2D eigenvalue weighted by Crippen LogP contribution is 2.48. The Bertz CT molecular complexity index is 819. The molecule has 3 N–H and O–H groups in total. The van der Waals surface area contributed by atoms with E-state index in [2.05, 4.69) is 34.9 Å². The van der Waals surface area contributed by atoms with Gasteiger partial charge in [0.05, 0.1) is 26.9 Å². The molecule has 0 amide bonds. The van der Waals surface area contributed by atoms with Gasteiger partial charge < -0.3 is 25.2 Å². The van der Waals surface area contributed by atoms with Crippen LogP contribution in [0.1, 0.15) is 37.0 Å². The van der Waals surface area contributed by atoms with Crippen molar-refractivity contribution < 1.29 is 14.6 Å². The quantitative estimate of drug-likeness (QED) is 0.448. The summed E-state index contributed by atoms with van der Waals surface area (Å²) in [5.41, 5.74) is 2.18. The molecular formula is C23H31N3O3. The second kappa shape index (κ2) is 9.65. The number of methoxy groups -OCH3 is 2. The minimum absolute atomic E-state index is 0.151. The van der Waals surface area contributed by atoms with Gasteiger partial charge in [-0.2, -0.15) is 0 Å². The van der Waals surface area contributed by atoms with Crippen LogP contribution in [0.4, 0.5) is 0 Å². The summed E-state index contributed by atoms with van der Waals surface area (Å²) < 4.78 is 10.7. The van der Waals surface area contributed by atoms with Gasteiger partial charge in [-0.15, -0.1) is 0 Å². The summed E-state index contributed by atoms with van der Waals surface area (Å²) in [6.45, 7) is 3.82. The van der Waals surface area contributed by atoms with E-state index in [0.29, 0.717) is 29.6 Å². The second-order valence-electron chi connectivity index (χ2n) is 7.35. The number of benzene rings is 2. The molecule has 0 bridgehead atoms. The summed E-state index contributed by atoms with van der Waals surface area (Å²) in [6.07, 6.45) is 1.56. The van der Waals surface area contributed by atoms with Crippen molar-refractivity contribution in [2.75, 3.05) is 33.9 Å². The van der Waals surface area contributed by atoms with Crippen molar-refractivity contribution in [3.63, 3.8) is 0 Å². The first kappa shape index (κ1) is 21.0. The van der Waals surface area contributed by atoms with Gasteiger partial charge in [-0.05, 0) is 43.5 Å². The van der Waals surface area contributed by atoms with Gasteiger partial charge in [0, 0.05) is 24.1 Å². The summed E-state index contributed by atoms with van der Waals surface area (Å²) >= 11 is 0. The Morgan fingerprint density at radius 3 is 2.48 bits per heavy atom. The van der Waals surface area contributed by atoms with E-state index >= 15 is 0 Å². The minimum Gasteiger partial charge on any atom is -0.497 e. The Morgan fingerprint density at radius 2 is 1.86 bits per heavy atom. The highest BCUT2D eigenvalue weighted by molar-refractivity contribution is 5.80. The number of hydrogen-bond donors (Lipinski definition) is 3. The lowest BCUT2D eigenvalue weighted by molar-refractivity contribution is 0.176. The van der Waals surface area contributed by atoms with E-state index in [1.54, 1.807) is 26.4 Å². The van der Waals surface area contributed by atoms with Crippen molar-refractivity contribution in [1.82, 2.24) is 10.6 Å². The zero-order valence-corrected chi connectivity index (χ0v) is 17.4. The smallest absolute Gasteiger partial charge is 0.191 e. The van der Waals surface area contributed by atoms with Gasteiger partial charge >= 0.3 is 0 Å². The Hall–Kier alpha value is -2.73. The van der Waals surface area contributed by atoms with Crippen molar-refractivity contribution in [1.29, 1.82) is 0 Å². The predicted molar refractivity (Wildman–Crippen MR) is 116 cm³/mol. The van der Waals surface area contributed by atoms with Crippen LogP contribution in [0.25, 0.3) is 0 Å². The summed E-state index contributed by atoms with van der Waals surface area (Å²) in [4.78, 5) is 4.79. The number of ether oxygens (including phenoxy) is 2. The third-order valence-corrected chi connectivity index (χ3v) is 5.38. The van der Waals surface area contributed by atoms with Gasteiger partial charge in [-0.1, -0.05) is 30.3 Å². The number of aliphatic imine (C=N–C) groups is 1. The number of aliphatic hydroxyl groups excluding tert-OH is 1. The van der Waals surface area contributed by atoms with Gasteiger partial charge in [0.25, 0.3) is 0 Å². The fourth-order valence-electron chi connectivity index (χ4n) is 3.46. The van der Waals surface area contributed by atoms with Crippen molar-refractivity contribution in [3.8, 4) is 11.5 Å². The van der Waals surface area contributed by atoms with Crippen molar-refractivity contribution in [2.24, 2.45) is 4.99 Å². The normalized spacial score (nSPS) is 16.1. The molecule has 1 aliphatic rings. The molecule has 0 radical (unpaired) electrons. The highest BCUT2D eigenvalue weighted by Gasteiger charge is 2.43. The summed E-state index contributed by atoms with van der Waals surface area (Å²) in [5.74, 6) is 2.01. The largest absolute Gasteiger partial charge is 0.497 e. The minimum atomic E-state index is -0.757. The van der Waals surface area contributed by atoms with Crippen LogP contribution < -0.4 is 20.1 Å². The predicted octanol–water partition coefficient (Wildman–Crippen LogP) is 3.02. The van der Waals surface area contributed by atoms with Gasteiger partial charge in [0.1, 0.15) is 11.5 Å². The van der Waals surface area contributed by atoms with E-state index in [9.17, 15) is 5.11 Å². The van der Waals surface area contributed by atoms with Gasteiger partial charge in [-0.25, -0.2) is 0 Å². The average molecular weight is 398 g/mol. The molecule has 2 aromatic rings. The first-order valence-electron chi connectivity index (χ1n) is 10.1. The zero-order chi connectivity index (χ0) is 20.7. The molecule has 1 aliphatic carbocycles. The third kappa shape index (κ3) is 5.21. The number of nitrogens with one attached hydrogen (secondary N) is 2. The Balaban J connectivity index is 1.66. The number of guanidine groups is 1. The molecule has 1 fully saturated rings. The van der Waals surface area contributed by atoms with E-state index in [1.165, 1.54) is 5.56 Å². The van der Waals surface area contributed by atoms with Crippen molar-refractivity contribution in [2.45, 2.75) is 31.3 Å². The van der Waals surface area contributed by atoms with Gasteiger partial charge in [-0.3, -0.25) is 4.99 Å². The molecule has 0 heterocycles. The summed E-state index contributed by atoms with van der Waals surface area (Å²) in [6, 6.07) is 16.0. The van der Waals surface area contributed by atoms with E-state index in [4.69, 9.17) is 14.5 Å². The Kier molecular flexibility index (Phi) is 6.99. The molecule has 2 aromatic carbocycles. The molecule has 1 atom stereocenters. The van der Waals surface area contributed by atoms with Crippen LogP contribution in [-0.2, 0) is 5.41 Å². The number of rotatable bonds is 9. The lowest BCUT2D eigenvalue weighted by Gasteiger charge is -2.19. The van der Waals surface area contributed by atoms with Crippen LogP contribution in [0.3, 0.4) is 0 Å². The number of aliphatic hydroxyl groups is 1. The first-order valence-corrected chi connectivity index (χ1v) is 10.1.